The van der Waals surface area contributed by atoms with Crippen molar-refractivity contribution in [2.24, 2.45) is 0 Å². The van der Waals surface area contributed by atoms with Crippen molar-refractivity contribution >= 4 is 11.9 Å². The van der Waals surface area contributed by atoms with Crippen LogP contribution in [0.2, 0.25) is 0 Å². The van der Waals surface area contributed by atoms with Gasteiger partial charge < -0.3 is 45.1 Å². The van der Waals surface area contributed by atoms with E-state index in [-0.39, 0.29) is 19.4 Å². The maximum absolute atomic E-state index is 13.3. The zero-order valence-electron chi connectivity index (χ0n) is 43.4. The van der Waals surface area contributed by atoms with Crippen LogP contribution in [-0.2, 0) is 23.8 Å². The fourth-order valence-corrected chi connectivity index (χ4v) is 7.90. The third-order valence-corrected chi connectivity index (χ3v) is 12.3. The summed E-state index contributed by atoms with van der Waals surface area (Å²) < 4.78 is 17.5. The smallest absolute Gasteiger partial charge is 0.306 e. The van der Waals surface area contributed by atoms with Crippen LogP contribution in [0.1, 0.15) is 207 Å². The first-order chi connectivity index (χ1) is 33.7. The average Bonchev–Trinajstić information content (AvgIpc) is 3.34. The molecule has 11 heteroatoms. The van der Waals surface area contributed by atoms with Gasteiger partial charge in [-0.05, 0) is 83.5 Å². The van der Waals surface area contributed by atoms with Gasteiger partial charge in [0.15, 0.2) is 12.4 Å². The molecule has 0 spiro atoms. The van der Waals surface area contributed by atoms with Gasteiger partial charge in [0, 0.05) is 6.42 Å². The van der Waals surface area contributed by atoms with Crippen LogP contribution in [0.5, 0.6) is 0 Å². The van der Waals surface area contributed by atoms with E-state index in [4.69, 9.17) is 14.2 Å². The van der Waals surface area contributed by atoms with Crippen LogP contribution in [-0.4, -0.2) is 99.6 Å². The second kappa shape index (κ2) is 45.9. The van der Waals surface area contributed by atoms with Crippen LogP contribution >= 0.6 is 0 Å². The number of hydrogen-bond donors (Lipinski definition) is 6. The Morgan fingerprint density at radius 1 is 0.580 bits per heavy atom. The molecule has 396 valence electrons. The first-order valence-corrected chi connectivity index (χ1v) is 27.4. The third kappa shape index (κ3) is 34.7. The van der Waals surface area contributed by atoms with Crippen LogP contribution in [0, 0.1) is 0 Å². The number of hydrogen-bond acceptors (Lipinski definition) is 10. The summed E-state index contributed by atoms with van der Waals surface area (Å²) in [6, 6.07) is -1.06. The Bertz CT molecular complexity index is 1440. The summed E-state index contributed by atoms with van der Waals surface area (Å²) in [6.45, 7) is 5.56. The molecule has 1 fully saturated rings. The molecule has 0 radical (unpaired) electrons. The molecule has 1 aliphatic heterocycles. The predicted octanol–water partition coefficient (Wildman–Crippen LogP) is 11.8. The summed E-state index contributed by atoms with van der Waals surface area (Å²) in [5, 5.41) is 56.6. The molecular weight excluding hydrogens is 871 g/mol. The number of carbonyl (C=O) groups is 2. The molecule has 6 N–H and O–H groups in total. The molecule has 0 aromatic rings. The van der Waals surface area contributed by atoms with Gasteiger partial charge in [-0.15, -0.1) is 0 Å². The molecule has 0 saturated carbocycles. The van der Waals surface area contributed by atoms with Crippen molar-refractivity contribution in [1.29, 1.82) is 0 Å². The van der Waals surface area contributed by atoms with Crippen molar-refractivity contribution in [3.63, 3.8) is 0 Å². The maximum atomic E-state index is 13.3. The van der Waals surface area contributed by atoms with Crippen molar-refractivity contribution in [3.05, 3.63) is 85.1 Å². The number of aliphatic hydroxyl groups is 5. The largest absolute Gasteiger partial charge is 0.454 e. The molecular formula is C58H99NO10. The van der Waals surface area contributed by atoms with Gasteiger partial charge in [-0.25, -0.2) is 0 Å². The number of carbonyl (C=O) groups excluding carboxylic acids is 2. The van der Waals surface area contributed by atoms with E-state index in [1.165, 1.54) is 64.2 Å². The summed E-state index contributed by atoms with van der Waals surface area (Å²) >= 11 is 0. The lowest BCUT2D eigenvalue weighted by atomic mass is 9.99. The normalized spacial score (nSPS) is 20.5. The molecule has 8 atom stereocenters. The molecule has 0 aliphatic carbocycles. The fourth-order valence-electron chi connectivity index (χ4n) is 7.90. The van der Waals surface area contributed by atoms with E-state index in [0.717, 1.165) is 96.3 Å². The summed E-state index contributed by atoms with van der Waals surface area (Å²) in [6.07, 6.45) is 47.9. The van der Waals surface area contributed by atoms with Crippen LogP contribution in [0.4, 0.5) is 0 Å². The van der Waals surface area contributed by atoms with E-state index in [1.807, 2.05) is 18.2 Å². The number of ether oxygens (including phenoxy) is 3. The molecule has 1 saturated heterocycles. The highest BCUT2D eigenvalue weighted by Gasteiger charge is 2.47. The first-order valence-electron chi connectivity index (χ1n) is 27.4. The van der Waals surface area contributed by atoms with Gasteiger partial charge in [-0.1, -0.05) is 202 Å². The molecule has 0 aromatic carbocycles. The molecule has 0 bridgehead atoms. The predicted molar refractivity (Wildman–Crippen MR) is 282 cm³/mol. The number of nitrogens with one attached hydrogen (secondary N) is 1. The lowest BCUT2D eigenvalue weighted by Crippen LogP contribution is -2.61. The third-order valence-electron chi connectivity index (χ3n) is 12.3. The number of allylic oxidation sites excluding steroid dienone is 13. The number of aliphatic hydroxyl groups excluding tert-OH is 5. The van der Waals surface area contributed by atoms with Crippen LogP contribution in [0.3, 0.4) is 0 Å². The standard InChI is InChI=1S/C58H99NO10/c1-4-7-10-13-16-19-22-24-25-26-28-31-33-36-39-42-45-51(62)57(66)59-49(50(61)44-41-38-35-32-30-27-23-20-17-14-11-8-5-2)48-67-58-56(55(65)54(64)52(47-60)68-58)69-53(63)46-43-40-37-34-29-21-18-15-12-9-6-3/h7,10,15-16,18-19,24-25,28,31,36,39,41,44,49-52,54-56,58,60-62,64-65H,4-6,8-9,11-14,17,20-23,26-27,29-30,32-35,37-38,40,42-43,45-48H2,1-3H3,(H,59,66)/b10-7-,18-15-,19-16-,25-24-,31-28-,39-36-,44-41+. The Labute approximate surface area is 419 Å². The summed E-state index contributed by atoms with van der Waals surface area (Å²) in [7, 11) is 0. The Balaban J connectivity index is 2.83. The van der Waals surface area contributed by atoms with Gasteiger partial charge in [0.05, 0.1) is 25.4 Å². The molecule has 0 aromatic heterocycles. The minimum Gasteiger partial charge on any atom is -0.454 e. The van der Waals surface area contributed by atoms with Gasteiger partial charge in [-0.3, -0.25) is 9.59 Å². The molecule has 1 heterocycles. The second-order valence-electron chi connectivity index (χ2n) is 18.6. The minimum absolute atomic E-state index is 0.102. The molecule has 1 aliphatic rings. The summed E-state index contributed by atoms with van der Waals surface area (Å²) in [4.78, 5) is 26.3. The maximum Gasteiger partial charge on any atom is 0.306 e. The molecule has 69 heavy (non-hydrogen) atoms. The summed E-state index contributed by atoms with van der Waals surface area (Å²) in [5.74, 6) is -1.27. The lowest BCUT2D eigenvalue weighted by Gasteiger charge is -2.41. The minimum atomic E-state index is -1.63. The van der Waals surface area contributed by atoms with E-state index in [2.05, 4.69) is 86.8 Å². The average molecular weight is 970 g/mol. The SMILES string of the molecule is CC/C=C\C/C=C\C/C=C\C/C=C\C/C=C\CCC(O)C(=O)NC(COC1OC(CO)C(O)C(O)C1OC(=O)CCCCCCC/C=C\CCCC)C(O)/C=C/CCCCCCCCCCCCC. The first kappa shape index (κ1) is 63.9. The monoisotopic (exact) mass is 970 g/mol. The lowest BCUT2D eigenvalue weighted by molar-refractivity contribution is -0.305. The molecule has 8 unspecified atom stereocenters. The number of amides is 1. The molecule has 1 amide bonds. The van der Waals surface area contributed by atoms with Gasteiger partial charge in [0.25, 0.3) is 0 Å². The highest BCUT2D eigenvalue weighted by molar-refractivity contribution is 5.80. The fraction of sp³-hybridized carbons (Fsp3) is 0.724. The van der Waals surface area contributed by atoms with E-state index < -0.39 is 67.4 Å². The van der Waals surface area contributed by atoms with E-state index in [0.29, 0.717) is 12.8 Å². The van der Waals surface area contributed by atoms with Crippen LogP contribution in [0.15, 0.2) is 85.1 Å². The van der Waals surface area contributed by atoms with Crippen LogP contribution < -0.4 is 5.32 Å². The van der Waals surface area contributed by atoms with Gasteiger partial charge >= 0.3 is 5.97 Å². The topological polar surface area (TPSA) is 175 Å². The van der Waals surface area contributed by atoms with Crippen molar-refractivity contribution in [3.8, 4) is 0 Å². The van der Waals surface area contributed by atoms with Crippen molar-refractivity contribution < 1.29 is 49.3 Å². The zero-order valence-corrected chi connectivity index (χ0v) is 43.4. The van der Waals surface area contributed by atoms with Gasteiger partial charge in [0.2, 0.25) is 5.91 Å². The molecule has 1 rings (SSSR count). The van der Waals surface area contributed by atoms with Gasteiger partial charge in [-0.2, -0.15) is 0 Å². The highest BCUT2D eigenvalue weighted by atomic mass is 16.7. The summed E-state index contributed by atoms with van der Waals surface area (Å²) in [5.41, 5.74) is 0. The molecule has 11 nitrogen and oxygen atoms in total. The van der Waals surface area contributed by atoms with E-state index >= 15 is 0 Å². The number of unbranched alkanes of at least 4 members (excludes halogenated alkanes) is 18. The Morgan fingerprint density at radius 3 is 1.61 bits per heavy atom. The van der Waals surface area contributed by atoms with Crippen molar-refractivity contribution in [1.82, 2.24) is 5.32 Å². The van der Waals surface area contributed by atoms with Crippen LogP contribution in [0.25, 0.3) is 0 Å². The van der Waals surface area contributed by atoms with E-state index in [1.54, 1.807) is 6.08 Å². The van der Waals surface area contributed by atoms with Gasteiger partial charge in [0.1, 0.15) is 24.4 Å². The van der Waals surface area contributed by atoms with Crippen molar-refractivity contribution in [2.75, 3.05) is 13.2 Å². The number of rotatable bonds is 44. The Kier molecular flexibility index (Phi) is 42.5. The Hall–Kier alpha value is -3.16. The second-order valence-corrected chi connectivity index (χ2v) is 18.6. The van der Waals surface area contributed by atoms with Crippen molar-refractivity contribution in [2.45, 2.75) is 256 Å². The quantitative estimate of drug-likeness (QED) is 0.0196. The number of esters is 1. The Morgan fingerprint density at radius 2 is 1.06 bits per heavy atom. The zero-order chi connectivity index (χ0) is 50.4. The van der Waals surface area contributed by atoms with E-state index in [9.17, 15) is 35.1 Å². The highest BCUT2D eigenvalue weighted by Crippen LogP contribution is 2.26.